The van der Waals surface area contributed by atoms with Gasteiger partial charge in [0.2, 0.25) is 0 Å². The van der Waals surface area contributed by atoms with Gasteiger partial charge < -0.3 is 10.8 Å². The molecule has 0 aliphatic heterocycles. The molecule has 1 aromatic rings. The minimum absolute atomic E-state index is 0.0398. The van der Waals surface area contributed by atoms with Crippen molar-refractivity contribution in [2.45, 2.75) is 6.42 Å². The zero-order valence-electron chi connectivity index (χ0n) is 7.35. The van der Waals surface area contributed by atoms with Crippen molar-refractivity contribution in [3.8, 4) is 17.6 Å². The fraction of sp³-hybridized carbons (Fsp3) is 0.200. The molecule has 4 heteroatoms. The van der Waals surface area contributed by atoms with Crippen LogP contribution in [0, 0.1) is 17.7 Å². The number of hydrogen-bond acceptors (Lipinski definition) is 2. The third kappa shape index (κ3) is 2.63. The summed E-state index contributed by atoms with van der Waals surface area (Å²) >= 11 is 5.55. The van der Waals surface area contributed by atoms with Crippen LogP contribution >= 0.6 is 11.6 Å². The van der Waals surface area contributed by atoms with Gasteiger partial charge in [-0.1, -0.05) is 23.4 Å². The molecule has 3 N–H and O–H groups in total. The summed E-state index contributed by atoms with van der Waals surface area (Å²) < 4.78 is 12.8. The predicted molar refractivity (Wildman–Crippen MR) is 53.6 cm³/mol. The van der Waals surface area contributed by atoms with Crippen LogP contribution in [0.5, 0.6) is 5.75 Å². The minimum Gasteiger partial charge on any atom is -0.505 e. The van der Waals surface area contributed by atoms with Crippen LogP contribution in [0.4, 0.5) is 4.39 Å². The van der Waals surface area contributed by atoms with Gasteiger partial charge in [0.05, 0.1) is 10.6 Å². The number of nitrogens with two attached hydrogens (primary N) is 1. The van der Waals surface area contributed by atoms with Crippen molar-refractivity contribution in [2.24, 2.45) is 5.73 Å². The predicted octanol–water partition coefficient (Wildman–Crippen LogP) is 1.89. The SMILES string of the molecule is NCCC#Cc1cc(F)cc(Cl)c1O. The van der Waals surface area contributed by atoms with Crippen LogP contribution < -0.4 is 5.73 Å². The molecule has 1 aromatic carbocycles. The van der Waals surface area contributed by atoms with Crippen molar-refractivity contribution in [1.29, 1.82) is 0 Å². The quantitative estimate of drug-likeness (QED) is 0.700. The Labute approximate surface area is 86.5 Å². The number of rotatable bonds is 1. The van der Waals surface area contributed by atoms with Crippen molar-refractivity contribution in [1.82, 2.24) is 0 Å². The van der Waals surface area contributed by atoms with Crippen LogP contribution in [-0.4, -0.2) is 11.7 Å². The highest BCUT2D eigenvalue weighted by atomic mass is 35.5. The topological polar surface area (TPSA) is 46.2 Å². The van der Waals surface area contributed by atoms with Gasteiger partial charge in [-0.2, -0.15) is 0 Å². The van der Waals surface area contributed by atoms with E-state index in [0.717, 1.165) is 12.1 Å². The zero-order valence-corrected chi connectivity index (χ0v) is 8.11. The lowest BCUT2D eigenvalue weighted by Gasteiger charge is -1.99. The van der Waals surface area contributed by atoms with Gasteiger partial charge in [0.15, 0.2) is 0 Å². The number of phenols is 1. The van der Waals surface area contributed by atoms with Crippen molar-refractivity contribution in [3.05, 3.63) is 28.5 Å². The van der Waals surface area contributed by atoms with E-state index in [4.69, 9.17) is 17.3 Å². The number of aromatic hydroxyl groups is 1. The molecule has 0 atom stereocenters. The second kappa shape index (κ2) is 4.85. The van der Waals surface area contributed by atoms with E-state index < -0.39 is 5.82 Å². The van der Waals surface area contributed by atoms with Gasteiger partial charge >= 0.3 is 0 Å². The molecule has 1 rings (SSSR count). The second-order valence-corrected chi connectivity index (χ2v) is 3.03. The summed E-state index contributed by atoms with van der Waals surface area (Å²) in [4.78, 5) is 0. The molecule has 0 spiro atoms. The molecule has 0 saturated heterocycles. The van der Waals surface area contributed by atoms with Crippen LogP contribution in [0.15, 0.2) is 12.1 Å². The lowest BCUT2D eigenvalue weighted by atomic mass is 10.2. The smallest absolute Gasteiger partial charge is 0.149 e. The van der Waals surface area contributed by atoms with E-state index >= 15 is 0 Å². The Hall–Kier alpha value is -1.24. The van der Waals surface area contributed by atoms with Crippen LogP contribution in [-0.2, 0) is 0 Å². The van der Waals surface area contributed by atoms with Gasteiger partial charge in [-0.05, 0) is 12.1 Å². The Kier molecular flexibility index (Phi) is 3.75. The maximum absolute atomic E-state index is 12.8. The largest absolute Gasteiger partial charge is 0.505 e. The molecular formula is C10H9ClFNO. The van der Waals surface area contributed by atoms with E-state index in [-0.39, 0.29) is 16.3 Å². The van der Waals surface area contributed by atoms with Crippen LogP contribution in [0.25, 0.3) is 0 Å². The lowest BCUT2D eigenvalue weighted by Crippen LogP contribution is -1.95. The van der Waals surface area contributed by atoms with E-state index in [1.54, 1.807) is 0 Å². The zero-order chi connectivity index (χ0) is 10.6. The highest BCUT2D eigenvalue weighted by molar-refractivity contribution is 6.32. The summed E-state index contributed by atoms with van der Waals surface area (Å²) in [5.74, 6) is 4.56. The van der Waals surface area contributed by atoms with E-state index in [1.165, 1.54) is 0 Å². The average Bonchev–Trinajstić information content (AvgIpc) is 2.13. The van der Waals surface area contributed by atoms with Gasteiger partial charge in [-0.25, -0.2) is 4.39 Å². The third-order valence-electron chi connectivity index (χ3n) is 1.52. The molecule has 74 valence electrons. The molecule has 0 heterocycles. The van der Waals surface area contributed by atoms with E-state index in [9.17, 15) is 9.50 Å². The van der Waals surface area contributed by atoms with Crippen LogP contribution in [0.2, 0.25) is 5.02 Å². The van der Waals surface area contributed by atoms with Gasteiger partial charge in [-0.15, -0.1) is 0 Å². The molecule has 0 aromatic heterocycles. The first-order valence-electron chi connectivity index (χ1n) is 4.02. The second-order valence-electron chi connectivity index (χ2n) is 2.62. The molecular weight excluding hydrogens is 205 g/mol. The molecule has 0 saturated carbocycles. The Morgan fingerprint density at radius 2 is 2.21 bits per heavy atom. The first kappa shape index (κ1) is 10.8. The summed E-state index contributed by atoms with van der Waals surface area (Å²) in [5, 5.41) is 9.35. The van der Waals surface area contributed by atoms with E-state index in [0.29, 0.717) is 13.0 Å². The van der Waals surface area contributed by atoms with E-state index in [1.807, 2.05) is 0 Å². The molecule has 0 fully saturated rings. The maximum Gasteiger partial charge on any atom is 0.149 e. The van der Waals surface area contributed by atoms with Crippen molar-refractivity contribution in [3.63, 3.8) is 0 Å². The maximum atomic E-state index is 12.8. The standard InChI is InChI=1S/C10H9ClFNO/c11-9-6-8(12)5-7(10(9)14)3-1-2-4-13/h5-6,14H,2,4,13H2. The Morgan fingerprint density at radius 1 is 1.50 bits per heavy atom. The summed E-state index contributed by atoms with van der Waals surface area (Å²) in [6.07, 6.45) is 0.494. The molecule has 14 heavy (non-hydrogen) atoms. The molecule has 0 aliphatic carbocycles. The first-order valence-corrected chi connectivity index (χ1v) is 4.40. The fourth-order valence-electron chi connectivity index (χ4n) is 0.891. The summed E-state index contributed by atoms with van der Waals surface area (Å²) in [5.41, 5.74) is 5.41. The Bertz CT molecular complexity index is 395. The van der Waals surface area contributed by atoms with Crippen LogP contribution in [0.3, 0.4) is 0 Å². The molecule has 0 unspecified atom stereocenters. The Balaban J connectivity index is 3.04. The summed E-state index contributed by atoms with van der Waals surface area (Å²) in [7, 11) is 0. The van der Waals surface area contributed by atoms with Crippen LogP contribution in [0.1, 0.15) is 12.0 Å². The first-order chi connectivity index (χ1) is 6.65. The number of phenolic OH excluding ortho intramolecular Hbond substituents is 1. The highest BCUT2D eigenvalue weighted by Crippen LogP contribution is 2.27. The average molecular weight is 214 g/mol. The molecule has 2 nitrogen and oxygen atoms in total. The number of halogens is 2. The molecule has 0 amide bonds. The minimum atomic E-state index is -0.523. The number of benzene rings is 1. The van der Waals surface area contributed by atoms with E-state index in [2.05, 4.69) is 11.8 Å². The molecule has 0 radical (unpaired) electrons. The highest BCUT2D eigenvalue weighted by Gasteiger charge is 2.05. The summed E-state index contributed by atoms with van der Waals surface area (Å²) in [6.45, 7) is 0.427. The van der Waals surface area contributed by atoms with Crippen molar-refractivity contribution >= 4 is 11.6 Å². The van der Waals surface area contributed by atoms with Gasteiger partial charge in [-0.3, -0.25) is 0 Å². The van der Waals surface area contributed by atoms with Crippen molar-refractivity contribution < 1.29 is 9.50 Å². The molecule has 0 aliphatic rings. The monoisotopic (exact) mass is 213 g/mol. The van der Waals surface area contributed by atoms with Gasteiger partial charge in [0, 0.05) is 13.0 Å². The van der Waals surface area contributed by atoms with Gasteiger partial charge in [0.25, 0.3) is 0 Å². The lowest BCUT2D eigenvalue weighted by molar-refractivity contribution is 0.471. The fourth-order valence-corrected chi connectivity index (χ4v) is 1.10. The molecule has 0 bridgehead atoms. The number of hydrogen-bond donors (Lipinski definition) is 2. The Morgan fingerprint density at radius 3 is 2.86 bits per heavy atom. The normalized spacial score (nSPS) is 9.36. The third-order valence-corrected chi connectivity index (χ3v) is 1.81. The van der Waals surface area contributed by atoms with Crippen molar-refractivity contribution in [2.75, 3.05) is 6.54 Å². The van der Waals surface area contributed by atoms with Gasteiger partial charge in [0.1, 0.15) is 11.6 Å². The summed E-state index contributed by atoms with van der Waals surface area (Å²) in [6, 6.07) is 2.16.